The highest BCUT2D eigenvalue weighted by Crippen LogP contribution is 2.26. The predicted molar refractivity (Wildman–Crippen MR) is 79.1 cm³/mol. The Morgan fingerprint density at radius 2 is 1.95 bits per heavy atom. The Morgan fingerprint density at radius 3 is 2.65 bits per heavy atom. The molecule has 1 aromatic carbocycles. The van der Waals surface area contributed by atoms with E-state index in [0.29, 0.717) is 5.82 Å². The molecule has 0 bridgehead atoms. The van der Waals surface area contributed by atoms with E-state index in [2.05, 4.69) is 40.2 Å². The van der Waals surface area contributed by atoms with E-state index in [0.717, 1.165) is 44.0 Å². The number of aromatic nitrogens is 1. The van der Waals surface area contributed by atoms with Crippen LogP contribution < -0.4 is 5.73 Å². The van der Waals surface area contributed by atoms with Crippen molar-refractivity contribution < 1.29 is 4.52 Å². The lowest BCUT2D eigenvalue weighted by Gasteiger charge is -2.32. The van der Waals surface area contributed by atoms with E-state index in [1.54, 1.807) is 6.07 Å². The number of piperazine rings is 1. The Kier molecular flexibility index (Phi) is 3.71. The standard InChI is InChI=1S/C15H20N4O/c1-18-6-8-19(9-7-18)11-12-4-2-3-5-13(12)14-10-15(16)17-20-14/h2-5,10H,6-9,11H2,1H3,(H2,16,17). The third-order valence-electron chi connectivity index (χ3n) is 3.80. The molecule has 0 spiro atoms. The second kappa shape index (κ2) is 5.64. The molecule has 0 aliphatic carbocycles. The van der Waals surface area contributed by atoms with Gasteiger partial charge < -0.3 is 15.2 Å². The third kappa shape index (κ3) is 2.84. The lowest BCUT2D eigenvalue weighted by molar-refractivity contribution is 0.148. The van der Waals surface area contributed by atoms with Crippen LogP contribution in [0.25, 0.3) is 11.3 Å². The largest absolute Gasteiger partial charge is 0.381 e. The van der Waals surface area contributed by atoms with Gasteiger partial charge in [-0.3, -0.25) is 4.90 Å². The van der Waals surface area contributed by atoms with Gasteiger partial charge in [0.05, 0.1) is 0 Å². The predicted octanol–water partition coefficient (Wildman–Crippen LogP) is 1.67. The number of anilines is 1. The number of benzene rings is 1. The number of rotatable bonds is 3. The summed E-state index contributed by atoms with van der Waals surface area (Å²) >= 11 is 0. The molecule has 1 fully saturated rings. The van der Waals surface area contributed by atoms with Gasteiger partial charge in [0, 0.05) is 44.4 Å². The molecule has 0 saturated carbocycles. The first-order valence-corrected chi connectivity index (χ1v) is 6.94. The minimum Gasteiger partial charge on any atom is -0.381 e. The maximum atomic E-state index is 5.64. The summed E-state index contributed by atoms with van der Waals surface area (Å²) in [6.45, 7) is 5.38. The van der Waals surface area contributed by atoms with Gasteiger partial charge in [0.1, 0.15) is 0 Å². The van der Waals surface area contributed by atoms with Crippen LogP contribution in [0.1, 0.15) is 5.56 Å². The van der Waals surface area contributed by atoms with E-state index in [1.165, 1.54) is 5.56 Å². The quantitative estimate of drug-likeness (QED) is 0.921. The Bertz CT molecular complexity index is 573. The Balaban J connectivity index is 1.80. The van der Waals surface area contributed by atoms with Crippen LogP contribution in [0.3, 0.4) is 0 Å². The van der Waals surface area contributed by atoms with Crippen molar-refractivity contribution >= 4 is 5.82 Å². The van der Waals surface area contributed by atoms with Crippen molar-refractivity contribution in [1.82, 2.24) is 15.0 Å². The van der Waals surface area contributed by atoms with E-state index in [9.17, 15) is 0 Å². The van der Waals surface area contributed by atoms with Crippen LogP contribution in [-0.4, -0.2) is 48.2 Å². The summed E-state index contributed by atoms with van der Waals surface area (Å²) in [6.07, 6.45) is 0. The normalized spacial score (nSPS) is 17.4. The molecule has 1 aromatic heterocycles. The Morgan fingerprint density at radius 1 is 1.20 bits per heavy atom. The average molecular weight is 272 g/mol. The molecule has 20 heavy (non-hydrogen) atoms. The molecule has 5 heteroatoms. The van der Waals surface area contributed by atoms with Crippen LogP contribution in [0.5, 0.6) is 0 Å². The first-order chi connectivity index (χ1) is 9.72. The average Bonchev–Trinajstić information content (AvgIpc) is 2.88. The van der Waals surface area contributed by atoms with Gasteiger partial charge in [-0.1, -0.05) is 29.4 Å². The molecule has 2 aromatic rings. The van der Waals surface area contributed by atoms with Gasteiger partial charge in [-0.2, -0.15) is 0 Å². The van der Waals surface area contributed by atoms with E-state index in [-0.39, 0.29) is 0 Å². The van der Waals surface area contributed by atoms with Crippen molar-refractivity contribution in [1.29, 1.82) is 0 Å². The summed E-state index contributed by atoms with van der Waals surface area (Å²) < 4.78 is 5.30. The van der Waals surface area contributed by atoms with Crippen molar-refractivity contribution in [2.24, 2.45) is 0 Å². The van der Waals surface area contributed by atoms with Crippen molar-refractivity contribution in [3.63, 3.8) is 0 Å². The number of hydrogen-bond acceptors (Lipinski definition) is 5. The monoisotopic (exact) mass is 272 g/mol. The highest BCUT2D eigenvalue weighted by Gasteiger charge is 2.16. The first-order valence-electron chi connectivity index (χ1n) is 6.94. The molecule has 1 saturated heterocycles. The summed E-state index contributed by atoms with van der Waals surface area (Å²) in [5.41, 5.74) is 7.98. The number of nitrogen functional groups attached to an aromatic ring is 1. The van der Waals surface area contributed by atoms with Crippen molar-refractivity contribution in [3.8, 4) is 11.3 Å². The molecular weight excluding hydrogens is 252 g/mol. The van der Waals surface area contributed by atoms with Gasteiger partial charge in [-0.15, -0.1) is 0 Å². The topological polar surface area (TPSA) is 58.5 Å². The zero-order valence-corrected chi connectivity index (χ0v) is 11.7. The number of likely N-dealkylation sites (N-methyl/N-ethyl adjacent to an activating group) is 1. The van der Waals surface area contributed by atoms with E-state index >= 15 is 0 Å². The smallest absolute Gasteiger partial charge is 0.169 e. The zero-order chi connectivity index (χ0) is 13.9. The van der Waals surface area contributed by atoms with Crippen LogP contribution in [0.2, 0.25) is 0 Å². The van der Waals surface area contributed by atoms with Crippen LogP contribution >= 0.6 is 0 Å². The molecule has 0 atom stereocenters. The summed E-state index contributed by atoms with van der Waals surface area (Å²) in [6, 6.07) is 10.1. The molecule has 3 rings (SSSR count). The van der Waals surface area contributed by atoms with Gasteiger partial charge in [0.15, 0.2) is 11.6 Å². The SMILES string of the molecule is CN1CCN(Cc2ccccc2-c2cc(N)no2)CC1. The number of nitrogens with zero attached hydrogens (tertiary/aromatic N) is 3. The zero-order valence-electron chi connectivity index (χ0n) is 11.7. The van der Waals surface area contributed by atoms with Gasteiger partial charge in [-0.25, -0.2) is 0 Å². The maximum absolute atomic E-state index is 5.64. The molecule has 1 aliphatic rings. The van der Waals surface area contributed by atoms with Crippen molar-refractivity contribution in [2.75, 3.05) is 39.0 Å². The minimum absolute atomic E-state index is 0.425. The third-order valence-corrected chi connectivity index (χ3v) is 3.80. The maximum Gasteiger partial charge on any atom is 0.169 e. The fraction of sp³-hybridized carbons (Fsp3) is 0.400. The molecule has 0 unspecified atom stereocenters. The summed E-state index contributed by atoms with van der Waals surface area (Å²) in [4.78, 5) is 4.83. The molecule has 2 heterocycles. The van der Waals surface area contributed by atoms with Crippen molar-refractivity contribution in [2.45, 2.75) is 6.54 Å². The molecule has 2 N–H and O–H groups in total. The number of hydrogen-bond donors (Lipinski definition) is 1. The molecule has 0 amide bonds. The van der Waals surface area contributed by atoms with Gasteiger partial charge in [0.2, 0.25) is 0 Å². The second-order valence-corrected chi connectivity index (χ2v) is 5.35. The van der Waals surface area contributed by atoms with Gasteiger partial charge >= 0.3 is 0 Å². The Hall–Kier alpha value is -1.85. The summed E-state index contributed by atoms with van der Waals surface area (Å²) in [5, 5.41) is 3.77. The fourth-order valence-corrected chi connectivity index (χ4v) is 2.56. The molecular formula is C15H20N4O. The van der Waals surface area contributed by atoms with Crippen LogP contribution in [-0.2, 0) is 6.54 Å². The van der Waals surface area contributed by atoms with Gasteiger partial charge in [0.25, 0.3) is 0 Å². The minimum atomic E-state index is 0.425. The van der Waals surface area contributed by atoms with Crippen LogP contribution in [0, 0.1) is 0 Å². The number of nitrogens with two attached hydrogens (primary N) is 1. The Labute approximate surface area is 118 Å². The lowest BCUT2D eigenvalue weighted by atomic mass is 10.0. The van der Waals surface area contributed by atoms with E-state index in [4.69, 9.17) is 10.3 Å². The van der Waals surface area contributed by atoms with Crippen molar-refractivity contribution in [3.05, 3.63) is 35.9 Å². The van der Waals surface area contributed by atoms with Gasteiger partial charge in [-0.05, 0) is 12.6 Å². The molecule has 5 nitrogen and oxygen atoms in total. The second-order valence-electron chi connectivity index (χ2n) is 5.35. The molecule has 0 radical (unpaired) electrons. The fourth-order valence-electron chi connectivity index (χ4n) is 2.56. The lowest BCUT2D eigenvalue weighted by Crippen LogP contribution is -2.43. The molecule has 1 aliphatic heterocycles. The first kappa shape index (κ1) is 13.1. The highest BCUT2D eigenvalue weighted by molar-refractivity contribution is 5.64. The van der Waals surface area contributed by atoms with Crippen LogP contribution in [0.15, 0.2) is 34.9 Å². The van der Waals surface area contributed by atoms with E-state index in [1.807, 2.05) is 6.07 Å². The van der Waals surface area contributed by atoms with Crippen LogP contribution in [0.4, 0.5) is 5.82 Å². The summed E-state index contributed by atoms with van der Waals surface area (Å²) in [7, 11) is 2.17. The highest BCUT2D eigenvalue weighted by atomic mass is 16.5. The summed E-state index contributed by atoms with van der Waals surface area (Å²) in [5.74, 6) is 1.17. The van der Waals surface area contributed by atoms with E-state index < -0.39 is 0 Å². The molecule has 106 valence electrons.